The van der Waals surface area contributed by atoms with E-state index in [4.69, 9.17) is 28.9 Å². The van der Waals surface area contributed by atoms with E-state index in [0.717, 1.165) is 89.4 Å². The fraction of sp³-hybridized carbons (Fsp3) is 0.436. The second-order valence-corrected chi connectivity index (χ2v) is 13.1. The molecular formula is C39H46N4O6. The van der Waals surface area contributed by atoms with Crippen molar-refractivity contribution >= 4 is 47.7 Å². The molecule has 0 N–H and O–H groups in total. The maximum Gasteiger partial charge on any atom is 0.305 e. The van der Waals surface area contributed by atoms with E-state index in [2.05, 4.69) is 75.0 Å². The third kappa shape index (κ3) is 5.80. The molecule has 6 rings (SSSR count). The number of esters is 2. The Balaban J connectivity index is 1.77. The summed E-state index contributed by atoms with van der Waals surface area (Å²) in [5.74, 6) is -0.538. The number of aromatic nitrogens is 2. The first-order valence-electron chi connectivity index (χ1n) is 16.8. The number of hydrogen-bond acceptors (Lipinski definition) is 8. The lowest BCUT2D eigenvalue weighted by Gasteiger charge is -2.17. The van der Waals surface area contributed by atoms with Gasteiger partial charge in [-0.15, -0.1) is 0 Å². The van der Waals surface area contributed by atoms with Crippen molar-refractivity contribution < 1.29 is 28.5 Å². The van der Waals surface area contributed by atoms with Crippen molar-refractivity contribution in [3.63, 3.8) is 0 Å². The molecule has 4 aliphatic rings. The average Bonchev–Trinajstić information content (AvgIpc) is 3.73. The molecule has 0 spiro atoms. The van der Waals surface area contributed by atoms with Gasteiger partial charge in [-0.1, -0.05) is 0 Å². The Morgan fingerprint density at radius 1 is 0.714 bits per heavy atom. The van der Waals surface area contributed by atoms with Gasteiger partial charge in [-0.05, 0) is 112 Å². The fourth-order valence-electron chi connectivity index (χ4n) is 7.60. The first-order valence-corrected chi connectivity index (χ1v) is 16.8. The Labute approximate surface area is 287 Å². The van der Waals surface area contributed by atoms with Crippen molar-refractivity contribution in [1.29, 1.82) is 0 Å². The van der Waals surface area contributed by atoms with Gasteiger partial charge in [0.2, 0.25) is 0 Å². The van der Waals surface area contributed by atoms with E-state index in [-0.39, 0.29) is 37.0 Å². The highest BCUT2D eigenvalue weighted by atomic mass is 16.5. The molecule has 0 saturated heterocycles. The number of aliphatic imine (C=N–C) groups is 2. The summed E-state index contributed by atoms with van der Waals surface area (Å²) in [6.45, 7) is 13.1. The predicted molar refractivity (Wildman–Crippen MR) is 192 cm³/mol. The Kier molecular flexibility index (Phi) is 9.39. The van der Waals surface area contributed by atoms with Crippen LogP contribution >= 0.6 is 0 Å². The van der Waals surface area contributed by atoms with Crippen LogP contribution in [-0.2, 0) is 41.6 Å². The van der Waals surface area contributed by atoms with Gasteiger partial charge in [0.1, 0.15) is 0 Å². The first kappa shape index (κ1) is 34.3. The van der Waals surface area contributed by atoms with Crippen molar-refractivity contribution in [2.45, 2.75) is 86.1 Å². The number of carbonyl (C=O) groups excluding carboxylic acids is 2. The van der Waals surface area contributed by atoms with Crippen LogP contribution in [0.2, 0.25) is 0 Å². The SMILES string of the molecule is COC(=O)CCC1=C(C)C2=Cc3c(C)c(C(C)OC)c4n3Cn3c(c(C)c(CCC(=O)OC)c3=CC1=N2)=CC1=NC(=C4)C(C)=C1C(C)OC. The minimum absolute atomic E-state index is 0.181. The summed E-state index contributed by atoms with van der Waals surface area (Å²) in [4.78, 5) is 35.3. The molecule has 0 amide bonds. The number of rotatable bonds is 10. The summed E-state index contributed by atoms with van der Waals surface area (Å²) < 4.78 is 26.6. The van der Waals surface area contributed by atoms with Crippen molar-refractivity contribution in [2.75, 3.05) is 28.4 Å². The molecule has 6 heterocycles. The van der Waals surface area contributed by atoms with Crippen molar-refractivity contribution in [3.05, 3.63) is 78.0 Å². The molecule has 258 valence electrons. The maximum atomic E-state index is 12.5. The molecule has 10 heteroatoms. The van der Waals surface area contributed by atoms with Gasteiger partial charge in [0.05, 0.1) is 61.6 Å². The van der Waals surface area contributed by atoms with Crippen molar-refractivity contribution in [1.82, 2.24) is 9.13 Å². The van der Waals surface area contributed by atoms with E-state index in [0.29, 0.717) is 19.5 Å². The smallest absolute Gasteiger partial charge is 0.305 e. The Bertz CT molecular complexity index is 2100. The molecule has 4 aliphatic heterocycles. The lowest BCUT2D eigenvalue weighted by atomic mass is 9.98. The molecule has 0 aromatic carbocycles. The Hall–Kier alpha value is -4.54. The van der Waals surface area contributed by atoms with E-state index in [1.807, 2.05) is 0 Å². The topological polar surface area (TPSA) is 106 Å². The van der Waals surface area contributed by atoms with Gasteiger partial charge in [-0.3, -0.25) is 9.59 Å². The third-order valence-corrected chi connectivity index (χ3v) is 10.6. The van der Waals surface area contributed by atoms with Gasteiger partial charge in [-0.25, -0.2) is 9.98 Å². The zero-order valence-electron chi connectivity index (χ0n) is 30.2. The number of nitrogens with zero attached hydrogens (tertiary/aromatic N) is 4. The molecule has 6 bridgehead atoms. The second kappa shape index (κ2) is 13.4. The molecule has 0 aliphatic carbocycles. The minimum atomic E-state index is -0.270. The largest absolute Gasteiger partial charge is 0.469 e. The number of hydrogen-bond donors (Lipinski definition) is 0. The zero-order chi connectivity index (χ0) is 35.3. The van der Waals surface area contributed by atoms with Crippen LogP contribution < -0.4 is 10.7 Å². The van der Waals surface area contributed by atoms with Crippen LogP contribution in [0.4, 0.5) is 0 Å². The highest BCUT2D eigenvalue weighted by Gasteiger charge is 2.31. The minimum Gasteiger partial charge on any atom is -0.469 e. The van der Waals surface area contributed by atoms with Crippen LogP contribution in [-0.4, -0.2) is 67.0 Å². The normalized spacial score (nSPS) is 17.4. The van der Waals surface area contributed by atoms with E-state index >= 15 is 0 Å². The van der Waals surface area contributed by atoms with Gasteiger partial charge < -0.3 is 28.1 Å². The number of fused-ring (bicyclic) bond motifs is 2. The number of ether oxygens (including phenoxy) is 4. The number of allylic oxidation sites excluding steroid dienone is 3. The molecule has 49 heavy (non-hydrogen) atoms. The van der Waals surface area contributed by atoms with Crippen LogP contribution in [0.3, 0.4) is 0 Å². The lowest BCUT2D eigenvalue weighted by Crippen LogP contribution is -2.33. The molecule has 2 aromatic rings. The summed E-state index contributed by atoms with van der Waals surface area (Å²) in [5, 5.41) is 1.94. The highest BCUT2D eigenvalue weighted by Crippen LogP contribution is 2.39. The van der Waals surface area contributed by atoms with Crippen LogP contribution in [0.25, 0.3) is 24.3 Å². The highest BCUT2D eigenvalue weighted by molar-refractivity contribution is 6.25. The second-order valence-electron chi connectivity index (χ2n) is 13.1. The summed E-state index contributed by atoms with van der Waals surface area (Å²) in [7, 11) is 6.29. The van der Waals surface area contributed by atoms with Crippen LogP contribution in [0.1, 0.15) is 86.7 Å². The number of carbonyl (C=O) groups is 2. The molecule has 2 unspecified atom stereocenters. The van der Waals surface area contributed by atoms with Gasteiger partial charge >= 0.3 is 11.9 Å². The molecule has 0 saturated carbocycles. The van der Waals surface area contributed by atoms with E-state index in [9.17, 15) is 9.59 Å². The zero-order valence-corrected chi connectivity index (χ0v) is 30.2. The summed E-state index contributed by atoms with van der Waals surface area (Å²) in [6.07, 6.45) is 9.70. The summed E-state index contributed by atoms with van der Waals surface area (Å²) in [6, 6.07) is 0. The van der Waals surface area contributed by atoms with E-state index < -0.39 is 0 Å². The fourth-order valence-corrected chi connectivity index (χ4v) is 7.60. The predicted octanol–water partition coefficient (Wildman–Crippen LogP) is 5.03. The molecular weight excluding hydrogens is 620 g/mol. The maximum absolute atomic E-state index is 12.5. The Morgan fingerprint density at radius 2 is 1.31 bits per heavy atom. The van der Waals surface area contributed by atoms with Crippen LogP contribution in [0.5, 0.6) is 0 Å². The van der Waals surface area contributed by atoms with Gasteiger partial charge in [-0.2, -0.15) is 0 Å². The Morgan fingerprint density at radius 3 is 1.96 bits per heavy atom. The van der Waals surface area contributed by atoms with Crippen molar-refractivity contribution in [2.24, 2.45) is 9.98 Å². The standard InChI is InChI=1S/C39H46N4O6/c1-20-26(11-13-36(44)48-9)30-17-34-27(12-14-37(45)49-10)21(2)32-18-31-38(24(5)46-7)22(3)29(41-31)16-35-39(25(6)47-8)23(4)33(15-28(20)40-30)43(35)19-42(32)34/h15-18,24-25H,11-14,19H2,1-10H3. The van der Waals surface area contributed by atoms with Crippen LogP contribution in [0, 0.1) is 13.8 Å². The van der Waals surface area contributed by atoms with Gasteiger partial charge in [0.25, 0.3) is 0 Å². The van der Waals surface area contributed by atoms with Crippen molar-refractivity contribution in [3.8, 4) is 0 Å². The van der Waals surface area contributed by atoms with Gasteiger partial charge in [0.15, 0.2) is 0 Å². The quantitative estimate of drug-likeness (QED) is 0.330. The van der Waals surface area contributed by atoms with E-state index in [1.54, 1.807) is 14.2 Å². The average molecular weight is 667 g/mol. The number of methoxy groups -OCH3 is 4. The molecule has 10 nitrogen and oxygen atoms in total. The monoisotopic (exact) mass is 666 g/mol. The third-order valence-electron chi connectivity index (χ3n) is 10.6. The summed E-state index contributed by atoms with van der Waals surface area (Å²) >= 11 is 0. The van der Waals surface area contributed by atoms with Gasteiger partial charge in [0, 0.05) is 54.6 Å². The molecule has 0 fully saturated rings. The molecule has 2 atom stereocenters. The first-order chi connectivity index (χ1) is 23.4. The van der Waals surface area contributed by atoms with E-state index in [1.165, 1.54) is 14.2 Å². The molecule has 2 aromatic heterocycles. The lowest BCUT2D eigenvalue weighted by molar-refractivity contribution is -0.141. The molecule has 0 radical (unpaired) electrons. The van der Waals surface area contributed by atoms with Crippen LogP contribution in [0.15, 0.2) is 43.7 Å². The summed E-state index contributed by atoms with van der Waals surface area (Å²) in [5.41, 5.74) is 13.8.